The molecule has 0 bridgehead atoms. The summed E-state index contributed by atoms with van der Waals surface area (Å²) in [5.41, 5.74) is 3.19. The van der Waals surface area contributed by atoms with E-state index in [1.54, 1.807) is 24.3 Å². The number of sulfonamides is 1. The van der Waals surface area contributed by atoms with Crippen LogP contribution in [0.1, 0.15) is 42.6 Å². The predicted octanol–water partition coefficient (Wildman–Crippen LogP) is 3.96. The average molecular weight is 442 g/mol. The lowest BCUT2D eigenvalue weighted by atomic mass is 10.0. The van der Waals surface area contributed by atoms with E-state index in [2.05, 4.69) is 34.9 Å². The Morgan fingerprint density at radius 2 is 1.77 bits per heavy atom. The summed E-state index contributed by atoms with van der Waals surface area (Å²) in [6.45, 7) is 8.94. The second-order valence-electron chi connectivity index (χ2n) is 8.33. The molecule has 2 aromatic rings. The Morgan fingerprint density at radius 3 is 2.42 bits per heavy atom. The Hall–Kier alpha value is -2.64. The van der Waals surface area contributed by atoms with Crippen LogP contribution >= 0.6 is 0 Å². The number of aryl methyl sites for hydroxylation is 1. The number of hydrogen-bond donors (Lipinski definition) is 2. The highest BCUT2D eigenvalue weighted by molar-refractivity contribution is 7.92. The first kappa shape index (κ1) is 23.0. The molecule has 1 heterocycles. The third-order valence-corrected chi connectivity index (χ3v) is 6.77. The van der Waals surface area contributed by atoms with Gasteiger partial charge in [-0.25, -0.2) is 8.42 Å². The number of piperidine rings is 1. The third kappa shape index (κ3) is 6.67. The van der Waals surface area contributed by atoms with Crippen molar-refractivity contribution >= 4 is 21.6 Å². The van der Waals surface area contributed by atoms with Crippen molar-refractivity contribution in [3.63, 3.8) is 0 Å². The van der Waals surface area contributed by atoms with Crippen molar-refractivity contribution in [2.45, 2.75) is 44.6 Å². The third-order valence-electron chi connectivity index (χ3n) is 5.39. The summed E-state index contributed by atoms with van der Waals surface area (Å²) in [5.74, 6) is -0.241. The normalized spacial score (nSPS) is 15.3. The van der Waals surface area contributed by atoms with Gasteiger partial charge in [-0.3, -0.25) is 14.4 Å². The molecule has 0 radical (unpaired) electrons. The van der Waals surface area contributed by atoms with Gasteiger partial charge in [-0.2, -0.15) is 0 Å². The van der Waals surface area contributed by atoms with Crippen molar-refractivity contribution in [2.24, 2.45) is 0 Å². The van der Waals surface area contributed by atoms with Gasteiger partial charge in [0.15, 0.2) is 0 Å². The van der Waals surface area contributed by atoms with Gasteiger partial charge in [-0.15, -0.1) is 0 Å². The molecule has 1 amide bonds. The van der Waals surface area contributed by atoms with Crippen LogP contribution in [0.15, 0.2) is 65.1 Å². The van der Waals surface area contributed by atoms with E-state index in [4.69, 9.17) is 0 Å². The molecule has 0 saturated carbocycles. The van der Waals surface area contributed by atoms with Crippen molar-refractivity contribution in [1.82, 2.24) is 10.2 Å². The molecule has 2 N–H and O–H groups in total. The number of allylic oxidation sites excluding steroid dienone is 1. The topological polar surface area (TPSA) is 78.5 Å². The van der Waals surface area contributed by atoms with Crippen molar-refractivity contribution in [2.75, 3.05) is 24.4 Å². The Kier molecular flexibility index (Phi) is 7.51. The van der Waals surface area contributed by atoms with E-state index in [0.717, 1.165) is 38.0 Å². The molecule has 1 aliphatic heterocycles. The summed E-state index contributed by atoms with van der Waals surface area (Å²) in [7, 11) is -3.78. The van der Waals surface area contributed by atoms with E-state index in [1.807, 2.05) is 19.1 Å². The molecule has 0 atom stereocenters. The maximum atomic E-state index is 12.7. The lowest BCUT2D eigenvalue weighted by Gasteiger charge is -2.31. The number of likely N-dealkylation sites (tertiary alicyclic amines) is 1. The van der Waals surface area contributed by atoms with Crippen LogP contribution in [0.5, 0.6) is 0 Å². The minimum Gasteiger partial charge on any atom is -0.349 e. The molecular weight excluding hydrogens is 410 g/mol. The van der Waals surface area contributed by atoms with Crippen LogP contribution in [0, 0.1) is 6.92 Å². The summed E-state index contributed by atoms with van der Waals surface area (Å²) in [6.07, 6.45) is 3.99. The first-order valence-corrected chi connectivity index (χ1v) is 12.1. The van der Waals surface area contributed by atoms with Crippen LogP contribution in [-0.2, 0) is 10.0 Å². The zero-order valence-electron chi connectivity index (χ0n) is 18.4. The molecule has 0 aliphatic carbocycles. The number of carbonyl (C=O) groups excluding carboxylic acids is 1. The van der Waals surface area contributed by atoms with Crippen LogP contribution in [-0.4, -0.2) is 44.9 Å². The summed E-state index contributed by atoms with van der Waals surface area (Å²) in [4.78, 5) is 15.2. The summed E-state index contributed by atoms with van der Waals surface area (Å²) in [6, 6.07) is 13.4. The largest absolute Gasteiger partial charge is 0.349 e. The Morgan fingerprint density at radius 1 is 1.10 bits per heavy atom. The van der Waals surface area contributed by atoms with Crippen molar-refractivity contribution < 1.29 is 13.2 Å². The van der Waals surface area contributed by atoms with Gasteiger partial charge in [0, 0.05) is 36.9 Å². The molecule has 166 valence electrons. The number of rotatable bonds is 7. The van der Waals surface area contributed by atoms with Crippen LogP contribution in [0.2, 0.25) is 0 Å². The van der Waals surface area contributed by atoms with E-state index in [1.165, 1.54) is 17.7 Å². The molecule has 3 rings (SSSR count). The zero-order valence-corrected chi connectivity index (χ0v) is 19.2. The number of hydrogen-bond acceptors (Lipinski definition) is 4. The quantitative estimate of drug-likeness (QED) is 0.638. The van der Waals surface area contributed by atoms with Gasteiger partial charge >= 0.3 is 0 Å². The number of carbonyl (C=O) groups is 1. The molecule has 0 aromatic heterocycles. The van der Waals surface area contributed by atoms with Gasteiger partial charge in [0.2, 0.25) is 0 Å². The van der Waals surface area contributed by atoms with E-state index in [-0.39, 0.29) is 16.8 Å². The highest BCUT2D eigenvalue weighted by atomic mass is 32.2. The maximum absolute atomic E-state index is 12.7. The number of benzene rings is 2. The van der Waals surface area contributed by atoms with Gasteiger partial charge in [0.05, 0.1) is 4.90 Å². The van der Waals surface area contributed by atoms with Crippen LogP contribution in [0.25, 0.3) is 0 Å². The first-order chi connectivity index (χ1) is 14.7. The fourth-order valence-corrected chi connectivity index (χ4v) is 4.58. The van der Waals surface area contributed by atoms with E-state index >= 15 is 0 Å². The average Bonchev–Trinajstić information content (AvgIpc) is 2.75. The fourth-order valence-electron chi connectivity index (χ4n) is 3.48. The zero-order chi connectivity index (χ0) is 22.4. The van der Waals surface area contributed by atoms with E-state index < -0.39 is 10.0 Å². The van der Waals surface area contributed by atoms with Crippen LogP contribution < -0.4 is 10.0 Å². The minimum atomic E-state index is -3.78. The van der Waals surface area contributed by atoms with Crippen molar-refractivity contribution in [3.05, 3.63) is 71.3 Å². The van der Waals surface area contributed by atoms with Gasteiger partial charge < -0.3 is 5.32 Å². The molecule has 2 aromatic carbocycles. The van der Waals surface area contributed by atoms with Crippen LogP contribution in [0.3, 0.4) is 0 Å². The molecule has 31 heavy (non-hydrogen) atoms. The van der Waals surface area contributed by atoms with Gasteiger partial charge in [-0.1, -0.05) is 35.4 Å². The highest BCUT2D eigenvalue weighted by Gasteiger charge is 2.22. The van der Waals surface area contributed by atoms with Crippen molar-refractivity contribution in [3.8, 4) is 0 Å². The molecular formula is C24H31N3O3S. The smallest absolute Gasteiger partial charge is 0.261 e. The predicted molar refractivity (Wildman–Crippen MR) is 125 cm³/mol. The standard InChI is InChI=1S/C24H31N3O3S/c1-18(2)11-14-27-15-12-21(13-16-27)25-24(28)20-5-4-6-23(17-20)31(29,30)26-22-9-7-19(3)8-10-22/h4-11,17,21,26H,12-16H2,1-3H3,(H,25,28). The molecule has 1 fully saturated rings. The minimum absolute atomic E-state index is 0.0669. The van der Waals surface area contributed by atoms with Gasteiger partial charge in [0.1, 0.15) is 0 Å². The lowest BCUT2D eigenvalue weighted by molar-refractivity contribution is 0.0914. The summed E-state index contributed by atoms with van der Waals surface area (Å²) < 4.78 is 28.1. The number of nitrogens with one attached hydrogen (secondary N) is 2. The van der Waals surface area contributed by atoms with Crippen LogP contribution in [0.4, 0.5) is 5.69 Å². The number of anilines is 1. The second kappa shape index (κ2) is 10.1. The van der Waals surface area contributed by atoms with Gasteiger partial charge in [-0.05, 0) is 63.9 Å². The Bertz CT molecular complexity index is 1030. The number of amides is 1. The molecule has 6 nitrogen and oxygen atoms in total. The van der Waals surface area contributed by atoms with E-state index in [0.29, 0.717) is 11.3 Å². The van der Waals surface area contributed by atoms with Gasteiger partial charge in [0.25, 0.3) is 15.9 Å². The molecule has 7 heteroatoms. The maximum Gasteiger partial charge on any atom is 0.261 e. The first-order valence-electron chi connectivity index (χ1n) is 10.6. The van der Waals surface area contributed by atoms with Crippen molar-refractivity contribution in [1.29, 1.82) is 0 Å². The molecule has 0 unspecified atom stereocenters. The molecule has 1 saturated heterocycles. The highest BCUT2D eigenvalue weighted by Crippen LogP contribution is 2.18. The Balaban J connectivity index is 1.61. The van der Waals surface area contributed by atoms with E-state index in [9.17, 15) is 13.2 Å². The lowest BCUT2D eigenvalue weighted by Crippen LogP contribution is -2.44. The fraction of sp³-hybridized carbons (Fsp3) is 0.375. The SMILES string of the molecule is CC(C)=CCN1CCC(NC(=O)c2cccc(S(=O)(=O)Nc3ccc(C)cc3)c2)CC1. The summed E-state index contributed by atoms with van der Waals surface area (Å²) >= 11 is 0. The Labute approximate surface area is 185 Å². The number of nitrogens with zero attached hydrogens (tertiary/aromatic N) is 1. The second-order valence-corrected chi connectivity index (χ2v) is 10.0. The molecule has 0 spiro atoms. The summed E-state index contributed by atoms with van der Waals surface area (Å²) in [5, 5.41) is 3.06. The monoisotopic (exact) mass is 441 g/mol. The molecule has 1 aliphatic rings.